The molecule has 1 fully saturated rings. The van der Waals surface area contributed by atoms with Crippen molar-refractivity contribution in [1.29, 1.82) is 0 Å². The normalized spacial score (nSPS) is 14.5. The fourth-order valence-electron chi connectivity index (χ4n) is 2.55. The number of carbonyl (C=O) groups excluding carboxylic acids is 1. The Morgan fingerprint density at radius 3 is 2.75 bits per heavy atom. The van der Waals surface area contributed by atoms with Crippen molar-refractivity contribution in [3.8, 4) is 0 Å². The largest absolute Gasteiger partial charge is 0.378 e. The van der Waals surface area contributed by atoms with Crippen molar-refractivity contribution >= 4 is 11.9 Å². The molecule has 6 nitrogen and oxygen atoms in total. The third-order valence-electron chi connectivity index (χ3n) is 4.19. The lowest BCUT2D eigenvalue weighted by Gasteiger charge is -2.26. The van der Waals surface area contributed by atoms with Crippen LogP contribution < -0.4 is 10.2 Å². The predicted octanol–water partition coefficient (Wildman–Crippen LogP) is 1.86. The predicted molar refractivity (Wildman–Crippen MR) is 92.2 cm³/mol. The number of morpholine rings is 1. The van der Waals surface area contributed by atoms with Gasteiger partial charge in [0.15, 0.2) is 0 Å². The summed E-state index contributed by atoms with van der Waals surface area (Å²) in [5, 5.41) is 2.92. The Balaban J connectivity index is 1.63. The van der Waals surface area contributed by atoms with Gasteiger partial charge in [0.2, 0.25) is 5.95 Å². The topological polar surface area (TPSA) is 67.4 Å². The molecule has 6 heteroatoms. The Hall–Kier alpha value is -2.47. The maximum absolute atomic E-state index is 12.3. The summed E-state index contributed by atoms with van der Waals surface area (Å²) in [6.45, 7) is 7.38. The Morgan fingerprint density at radius 2 is 2.00 bits per heavy atom. The van der Waals surface area contributed by atoms with Crippen molar-refractivity contribution in [2.45, 2.75) is 20.4 Å². The van der Waals surface area contributed by atoms with Gasteiger partial charge in [0.1, 0.15) is 0 Å². The summed E-state index contributed by atoms with van der Waals surface area (Å²) in [6.07, 6.45) is 1.73. The molecule has 2 heterocycles. The molecule has 0 spiro atoms. The summed E-state index contributed by atoms with van der Waals surface area (Å²) in [4.78, 5) is 23.2. The Labute approximate surface area is 141 Å². The summed E-state index contributed by atoms with van der Waals surface area (Å²) >= 11 is 0. The van der Waals surface area contributed by atoms with Gasteiger partial charge in [-0.1, -0.05) is 6.07 Å². The van der Waals surface area contributed by atoms with Gasteiger partial charge < -0.3 is 15.0 Å². The van der Waals surface area contributed by atoms with Crippen LogP contribution in [0.15, 0.2) is 30.5 Å². The van der Waals surface area contributed by atoms with Gasteiger partial charge >= 0.3 is 0 Å². The average molecular weight is 326 g/mol. The molecule has 1 aromatic heterocycles. The summed E-state index contributed by atoms with van der Waals surface area (Å²) < 4.78 is 5.34. The fourth-order valence-corrected chi connectivity index (χ4v) is 2.55. The van der Waals surface area contributed by atoms with Gasteiger partial charge in [-0.3, -0.25) is 4.79 Å². The molecule has 0 aliphatic carbocycles. The highest BCUT2D eigenvalue weighted by Crippen LogP contribution is 2.11. The minimum absolute atomic E-state index is 0.0929. The van der Waals surface area contributed by atoms with Gasteiger partial charge in [-0.2, -0.15) is 0 Å². The van der Waals surface area contributed by atoms with Crippen LogP contribution in [0.2, 0.25) is 0 Å². The fraction of sp³-hybridized carbons (Fsp3) is 0.389. The summed E-state index contributed by atoms with van der Waals surface area (Å²) in [5.41, 5.74) is 3.75. The van der Waals surface area contributed by atoms with Crippen molar-refractivity contribution < 1.29 is 9.53 Å². The van der Waals surface area contributed by atoms with E-state index in [9.17, 15) is 4.79 Å². The molecule has 1 saturated heterocycles. The molecule has 1 amide bonds. The van der Waals surface area contributed by atoms with Crippen LogP contribution in [0.4, 0.5) is 5.95 Å². The molecule has 1 aromatic carbocycles. The van der Waals surface area contributed by atoms with Gasteiger partial charge in [0.25, 0.3) is 5.91 Å². The van der Waals surface area contributed by atoms with E-state index < -0.39 is 0 Å². The van der Waals surface area contributed by atoms with Crippen molar-refractivity contribution in [2.75, 3.05) is 31.2 Å². The maximum atomic E-state index is 12.3. The van der Waals surface area contributed by atoms with Crippen molar-refractivity contribution in [2.24, 2.45) is 0 Å². The standard InChI is InChI=1S/C18H22N4O2/c1-13-3-4-15(11-14(13)2)17(23)20-12-16-5-6-19-18(21-16)22-7-9-24-10-8-22/h3-6,11H,7-10,12H2,1-2H3,(H,20,23). The first-order valence-electron chi connectivity index (χ1n) is 8.13. The number of hydrogen-bond acceptors (Lipinski definition) is 5. The number of nitrogens with zero attached hydrogens (tertiary/aromatic N) is 3. The Morgan fingerprint density at radius 1 is 1.21 bits per heavy atom. The van der Waals surface area contributed by atoms with Crippen LogP contribution >= 0.6 is 0 Å². The van der Waals surface area contributed by atoms with E-state index in [1.165, 1.54) is 5.56 Å². The Kier molecular flexibility index (Phi) is 5.05. The first-order valence-corrected chi connectivity index (χ1v) is 8.13. The minimum atomic E-state index is -0.0929. The van der Waals surface area contributed by atoms with Gasteiger partial charge in [-0.15, -0.1) is 0 Å². The molecular weight excluding hydrogens is 304 g/mol. The molecule has 0 atom stereocenters. The number of benzene rings is 1. The van der Waals surface area contributed by atoms with E-state index >= 15 is 0 Å². The van der Waals surface area contributed by atoms with E-state index in [1.807, 2.05) is 38.1 Å². The smallest absolute Gasteiger partial charge is 0.251 e. The zero-order chi connectivity index (χ0) is 16.9. The lowest BCUT2D eigenvalue weighted by molar-refractivity contribution is 0.0950. The molecule has 3 rings (SSSR count). The number of carbonyl (C=O) groups is 1. The monoisotopic (exact) mass is 326 g/mol. The minimum Gasteiger partial charge on any atom is -0.378 e. The molecule has 2 aromatic rings. The third-order valence-corrected chi connectivity index (χ3v) is 4.19. The first kappa shape index (κ1) is 16.4. The zero-order valence-electron chi connectivity index (χ0n) is 14.1. The van der Waals surface area contributed by atoms with E-state index in [0.717, 1.165) is 24.3 Å². The molecule has 0 unspecified atom stereocenters. The number of nitrogens with one attached hydrogen (secondary N) is 1. The lowest BCUT2D eigenvalue weighted by atomic mass is 10.1. The second-order valence-corrected chi connectivity index (χ2v) is 5.93. The first-order chi connectivity index (χ1) is 11.6. The number of anilines is 1. The van der Waals surface area contributed by atoms with Crippen molar-refractivity contribution in [1.82, 2.24) is 15.3 Å². The number of amides is 1. The molecule has 0 radical (unpaired) electrons. The van der Waals surface area contributed by atoms with Gasteiger partial charge in [0.05, 0.1) is 25.5 Å². The van der Waals surface area contributed by atoms with E-state index in [2.05, 4.69) is 20.2 Å². The second-order valence-electron chi connectivity index (χ2n) is 5.93. The highest BCUT2D eigenvalue weighted by molar-refractivity contribution is 5.94. The van der Waals surface area contributed by atoms with E-state index in [1.54, 1.807) is 6.20 Å². The van der Waals surface area contributed by atoms with Crippen LogP contribution in [-0.2, 0) is 11.3 Å². The van der Waals surface area contributed by atoms with Crippen LogP contribution in [0.1, 0.15) is 27.2 Å². The van der Waals surface area contributed by atoms with Crippen molar-refractivity contribution in [3.05, 3.63) is 52.8 Å². The molecule has 1 aliphatic rings. The number of hydrogen-bond donors (Lipinski definition) is 1. The second kappa shape index (κ2) is 7.40. The average Bonchev–Trinajstić information content (AvgIpc) is 2.63. The quantitative estimate of drug-likeness (QED) is 0.929. The molecule has 126 valence electrons. The number of ether oxygens (including phenoxy) is 1. The van der Waals surface area contributed by atoms with Crippen LogP contribution in [0.3, 0.4) is 0 Å². The number of rotatable bonds is 4. The molecule has 1 aliphatic heterocycles. The van der Waals surface area contributed by atoms with Gasteiger partial charge in [0, 0.05) is 24.8 Å². The van der Waals surface area contributed by atoms with E-state index in [4.69, 9.17) is 4.74 Å². The molecular formula is C18H22N4O2. The zero-order valence-corrected chi connectivity index (χ0v) is 14.1. The summed E-state index contributed by atoms with van der Waals surface area (Å²) in [7, 11) is 0. The van der Waals surface area contributed by atoms with Gasteiger partial charge in [-0.25, -0.2) is 9.97 Å². The van der Waals surface area contributed by atoms with Crippen LogP contribution in [-0.4, -0.2) is 42.2 Å². The SMILES string of the molecule is Cc1ccc(C(=O)NCc2ccnc(N3CCOCC3)n2)cc1C. The van der Waals surface area contributed by atoms with Crippen LogP contribution in [0.25, 0.3) is 0 Å². The maximum Gasteiger partial charge on any atom is 0.251 e. The number of aryl methyl sites for hydroxylation is 2. The highest BCUT2D eigenvalue weighted by atomic mass is 16.5. The highest BCUT2D eigenvalue weighted by Gasteiger charge is 2.14. The van der Waals surface area contributed by atoms with E-state index in [-0.39, 0.29) is 5.91 Å². The molecule has 0 saturated carbocycles. The molecule has 24 heavy (non-hydrogen) atoms. The van der Waals surface area contributed by atoms with Crippen LogP contribution in [0.5, 0.6) is 0 Å². The van der Waals surface area contributed by atoms with Gasteiger partial charge in [-0.05, 0) is 43.2 Å². The third kappa shape index (κ3) is 3.89. The van der Waals surface area contributed by atoms with Crippen LogP contribution in [0, 0.1) is 13.8 Å². The van der Waals surface area contributed by atoms with E-state index in [0.29, 0.717) is 31.3 Å². The Bertz CT molecular complexity index is 727. The summed E-state index contributed by atoms with van der Waals surface area (Å²) in [6, 6.07) is 7.54. The lowest BCUT2D eigenvalue weighted by Crippen LogP contribution is -2.37. The number of aromatic nitrogens is 2. The molecule has 1 N–H and O–H groups in total. The molecule has 0 bridgehead atoms. The summed E-state index contributed by atoms with van der Waals surface area (Å²) in [5.74, 6) is 0.598. The van der Waals surface area contributed by atoms with Crippen molar-refractivity contribution in [3.63, 3.8) is 0 Å².